The normalized spacial score (nSPS) is 25.7. The van der Waals surface area contributed by atoms with Gasteiger partial charge >= 0.3 is 12.1 Å². The van der Waals surface area contributed by atoms with Gasteiger partial charge in [-0.2, -0.15) is 0 Å². The Morgan fingerprint density at radius 1 is 1.67 bits per heavy atom. The van der Waals surface area contributed by atoms with Gasteiger partial charge in [0.05, 0.1) is 0 Å². The number of alkyl carbamates (subject to hydrolysis) is 1. The number of nitrogens with two attached hydrogens (primary N) is 1. The topological polar surface area (TPSA) is 81.4 Å². The average Bonchev–Trinajstić information content (AvgIpc) is 2.10. The lowest BCUT2D eigenvalue weighted by Crippen LogP contribution is -2.35. The van der Waals surface area contributed by atoms with E-state index >= 15 is 0 Å². The molecule has 1 fully saturated rings. The van der Waals surface area contributed by atoms with Crippen molar-refractivity contribution in [1.82, 2.24) is 5.32 Å². The van der Waals surface area contributed by atoms with E-state index in [9.17, 15) is 9.59 Å². The molecule has 0 bridgehead atoms. The SMILES string of the molecule is NCC1NC(=O)OC1=O. The standard InChI is InChI=1S/C4H6N2O3/c5-1-2-3(7)9-4(8)6-2/h2H,1,5H2,(H,6,8). The Hall–Kier alpha value is -1.10. The third-order valence-corrected chi connectivity index (χ3v) is 1.01. The van der Waals surface area contributed by atoms with Crippen LogP contribution in [0.5, 0.6) is 0 Å². The van der Waals surface area contributed by atoms with Gasteiger partial charge in [0.15, 0.2) is 0 Å². The molecule has 0 aliphatic carbocycles. The Morgan fingerprint density at radius 2 is 2.33 bits per heavy atom. The van der Waals surface area contributed by atoms with Gasteiger partial charge in [0, 0.05) is 6.54 Å². The van der Waals surface area contributed by atoms with Crippen molar-refractivity contribution in [3.05, 3.63) is 0 Å². The summed E-state index contributed by atoms with van der Waals surface area (Å²) >= 11 is 0. The van der Waals surface area contributed by atoms with Crippen LogP contribution in [0.4, 0.5) is 4.79 Å². The molecule has 0 aromatic rings. The molecule has 0 aromatic carbocycles. The van der Waals surface area contributed by atoms with Crippen LogP contribution in [-0.2, 0) is 9.53 Å². The number of rotatable bonds is 1. The van der Waals surface area contributed by atoms with Gasteiger partial charge in [0.2, 0.25) is 0 Å². The average molecular weight is 130 g/mol. The summed E-state index contributed by atoms with van der Waals surface area (Å²) in [7, 11) is 0. The molecule has 1 unspecified atom stereocenters. The number of hydrogen-bond donors (Lipinski definition) is 2. The minimum atomic E-state index is -0.713. The lowest BCUT2D eigenvalue weighted by molar-refractivity contribution is -0.135. The van der Waals surface area contributed by atoms with Crippen molar-refractivity contribution in [1.29, 1.82) is 0 Å². The van der Waals surface area contributed by atoms with Gasteiger partial charge in [0.25, 0.3) is 0 Å². The lowest BCUT2D eigenvalue weighted by Gasteiger charge is -1.96. The molecule has 1 aliphatic heterocycles. The molecule has 1 amide bonds. The fraction of sp³-hybridized carbons (Fsp3) is 0.500. The summed E-state index contributed by atoms with van der Waals surface area (Å²) in [4.78, 5) is 20.6. The number of hydrogen-bond acceptors (Lipinski definition) is 4. The Bertz CT molecular complexity index is 156. The van der Waals surface area contributed by atoms with Gasteiger partial charge in [-0.1, -0.05) is 0 Å². The Kier molecular flexibility index (Phi) is 1.35. The Morgan fingerprint density at radius 3 is 2.56 bits per heavy atom. The van der Waals surface area contributed by atoms with Gasteiger partial charge in [-0.3, -0.25) is 0 Å². The zero-order valence-electron chi connectivity index (χ0n) is 4.59. The number of ether oxygens (including phenoxy) is 1. The molecular weight excluding hydrogens is 124 g/mol. The molecule has 3 N–H and O–H groups in total. The van der Waals surface area contributed by atoms with Gasteiger partial charge in [0.1, 0.15) is 6.04 Å². The van der Waals surface area contributed by atoms with Crippen LogP contribution in [0, 0.1) is 0 Å². The zero-order valence-corrected chi connectivity index (χ0v) is 4.59. The predicted molar refractivity (Wildman–Crippen MR) is 27.5 cm³/mol. The summed E-state index contributed by atoms with van der Waals surface area (Å²) in [5, 5.41) is 2.22. The molecule has 1 heterocycles. The van der Waals surface area contributed by atoms with Crippen molar-refractivity contribution in [3.8, 4) is 0 Å². The van der Waals surface area contributed by atoms with Crippen molar-refractivity contribution in [3.63, 3.8) is 0 Å². The van der Waals surface area contributed by atoms with Gasteiger partial charge in [-0.15, -0.1) is 0 Å². The molecule has 1 saturated heterocycles. The molecule has 1 aliphatic rings. The van der Waals surface area contributed by atoms with E-state index in [4.69, 9.17) is 5.73 Å². The number of esters is 1. The monoisotopic (exact) mass is 130 g/mol. The van der Waals surface area contributed by atoms with Gasteiger partial charge in [-0.05, 0) is 0 Å². The van der Waals surface area contributed by atoms with E-state index in [0.717, 1.165) is 0 Å². The minimum absolute atomic E-state index is 0.0879. The van der Waals surface area contributed by atoms with Crippen LogP contribution in [0.1, 0.15) is 0 Å². The molecule has 0 aromatic heterocycles. The van der Waals surface area contributed by atoms with Crippen molar-refractivity contribution in [2.24, 2.45) is 5.73 Å². The molecule has 0 radical (unpaired) electrons. The summed E-state index contributed by atoms with van der Waals surface area (Å²) in [5.41, 5.74) is 5.07. The molecule has 0 saturated carbocycles. The molecular formula is C4H6N2O3. The van der Waals surface area contributed by atoms with Crippen LogP contribution in [0.15, 0.2) is 0 Å². The highest BCUT2D eigenvalue weighted by atomic mass is 16.6. The molecule has 1 atom stereocenters. The fourth-order valence-electron chi connectivity index (χ4n) is 0.548. The van der Waals surface area contributed by atoms with Crippen LogP contribution in [-0.4, -0.2) is 24.6 Å². The van der Waals surface area contributed by atoms with Gasteiger partial charge < -0.3 is 15.8 Å². The maximum absolute atomic E-state index is 10.4. The number of cyclic esters (lactones) is 2. The Balaban J connectivity index is 2.58. The number of carbonyl (C=O) groups excluding carboxylic acids is 2. The number of amides is 1. The first kappa shape index (κ1) is 6.03. The fourth-order valence-corrected chi connectivity index (χ4v) is 0.548. The third-order valence-electron chi connectivity index (χ3n) is 1.01. The Labute approximate surface area is 51.2 Å². The summed E-state index contributed by atoms with van der Waals surface area (Å²) in [5.74, 6) is -0.595. The number of carbonyl (C=O) groups is 2. The smallest absolute Gasteiger partial charge is 0.375 e. The second-order valence-corrected chi connectivity index (χ2v) is 1.64. The molecule has 0 spiro atoms. The molecule has 1 rings (SSSR count). The largest absolute Gasteiger partial charge is 0.415 e. The van der Waals surface area contributed by atoms with Crippen LogP contribution in [0.25, 0.3) is 0 Å². The maximum atomic E-state index is 10.4. The quantitative estimate of drug-likeness (QED) is 0.337. The maximum Gasteiger partial charge on any atom is 0.415 e. The zero-order chi connectivity index (χ0) is 6.85. The van der Waals surface area contributed by atoms with Crippen molar-refractivity contribution >= 4 is 12.1 Å². The van der Waals surface area contributed by atoms with E-state index in [0.29, 0.717) is 0 Å². The van der Waals surface area contributed by atoms with Crippen LogP contribution in [0.2, 0.25) is 0 Å². The van der Waals surface area contributed by atoms with E-state index in [1.807, 2.05) is 0 Å². The third kappa shape index (κ3) is 0.996. The molecule has 5 heteroatoms. The molecule has 5 nitrogen and oxygen atoms in total. The van der Waals surface area contributed by atoms with Crippen LogP contribution < -0.4 is 11.1 Å². The van der Waals surface area contributed by atoms with E-state index in [2.05, 4.69) is 10.1 Å². The van der Waals surface area contributed by atoms with E-state index in [-0.39, 0.29) is 6.54 Å². The number of nitrogens with one attached hydrogen (secondary N) is 1. The lowest BCUT2D eigenvalue weighted by atomic mass is 10.3. The van der Waals surface area contributed by atoms with Crippen molar-refractivity contribution < 1.29 is 14.3 Å². The highest BCUT2D eigenvalue weighted by molar-refractivity contribution is 5.95. The van der Waals surface area contributed by atoms with Crippen LogP contribution in [0.3, 0.4) is 0 Å². The van der Waals surface area contributed by atoms with Gasteiger partial charge in [-0.25, -0.2) is 9.59 Å². The second-order valence-electron chi connectivity index (χ2n) is 1.64. The van der Waals surface area contributed by atoms with Crippen LogP contribution >= 0.6 is 0 Å². The highest BCUT2D eigenvalue weighted by Gasteiger charge is 2.30. The summed E-state index contributed by atoms with van der Waals surface area (Å²) < 4.78 is 4.10. The van der Waals surface area contributed by atoms with Crippen molar-refractivity contribution in [2.75, 3.05) is 6.54 Å². The van der Waals surface area contributed by atoms with E-state index in [1.54, 1.807) is 0 Å². The highest BCUT2D eigenvalue weighted by Crippen LogP contribution is 1.96. The second kappa shape index (κ2) is 2.02. The summed E-state index contributed by atoms with van der Waals surface area (Å²) in [6.07, 6.45) is -0.713. The first-order valence-corrected chi connectivity index (χ1v) is 2.46. The minimum Gasteiger partial charge on any atom is -0.375 e. The summed E-state index contributed by atoms with van der Waals surface area (Å²) in [6, 6.07) is -0.641. The van der Waals surface area contributed by atoms with E-state index in [1.165, 1.54) is 0 Å². The molecule has 9 heavy (non-hydrogen) atoms. The van der Waals surface area contributed by atoms with E-state index < -0.39 is 18.1 Å². The predicted octanol–water partition coefficient (Wildman–Crippen LogP) is -1.42. The first-order chi connectivity index (χ1) is 4.24. The van der Waals surface area contributed by atoms with Crippen molar-refractivity contribution in [2.45, 2.75) is 6.04 Å². The molecule has 50 valence electrons. The first-order valence-electron chi connectivity index (χ1n) is 2.46. The summed E-state index contributed by atoms with van der Waals surface area (Å²) in [6.45, 7) is 0.0879.